The van der Waals surface area contributed by atoms with Crippen LogP contribution in [0.15, 0.2) is 51.6 Å². The van der Waals surface area contributed by atoms with E-state index in [9.17, 15) is 4.79 Å². The fraction of sp³-hybridized carbons (Fsp3) is 0.350. The number of carbonyl (C=O) groups is 1. The normalized spacial score (nSPS) is 16.2. The van der Waals surface area contributed by atoms with Crippen LogP contribution in [0.25, 0.3) is 0 Å². The molecule has 0 N–H and O–H groups in total. The van der Waals surface area contributed by atoms with Crippen LogP contribution in [-0.4, -0.2) is 38.1 Å². The number of ether oxygens (including phenoxy) is 1. The Morgan fingerprint density at radius 1 is 1.16 bits per heavy atom. The number of nitrogens with zero attached hydrogens (tertiary/aromatic N) is 3. The molecule has 5 nitrogen and oxygen atoms in total. The van der Waals surface area contributed by atoms with Crippen LogP contribution in [0.4, 0.5) is 11.4 Å². The molecule has 5 heteroatoms. The number of hydrogen-bond donors (Lipinski definition) is 0. The average Bonchev–Trinajstić information content (AvgIpc) is 2.59. The Bertz CT molecular complexity index is 769. The van der Waals surface area contributed by atoms with E-state index in [1.165, 1.54) is 19.2 Å². The van der Waals surface area contributed by atoms with Crippen LogP contribution in [0.2, 0.25) is 0 Å². The van der Waals surface area contributed by atoms with Gasteiger partial charge in [-0.3, -0.25) is 4.79 Å². The van der Waals surface area contributed by atoms with Crippen molar-refractivity contribution < 1.29 is 9.53 Å². The molecule has 1 aliphatic rings. The number of rotatable bonds is 6. The first kappa shape index (κ1) is 18.6. The molecule has 0 aromatic heterocycles. The Morgan fingerprint density at radius 2 is 1.88 bits per heavy atom. The predicted molar refractivity (Wildman–Crippen MR) is 104 cm³/mol. The number of methoxy groups -OCH3 is 1. The van der Waals surface area contributed by atoms with E-state index in [0.717, 1.165) is 35.6 Å². The van der Waals surface area contributed by atoms with E-state index in [0.29, 0.717) is 5.70 Å². The van der Waals surface area contributed by atoms with Gasteiger partial charge in [0.1, 0.15) is 5.70 Å². The van der Waals surface area contributed by atoms with Gasteiger partial charge in [-0.15, -0.1) is 0 Å². The maximum absolute atomic E-state index is 12.0. The summed E-state index contributed by atoms with van der Waals surface area (Å²) < 4.78 is 4.80. The van der Waals surface area contributed by atoms with Crippen molar-refractivity contribution in [1.29, 1.82) is 0 Å². The summed E-state index contributed by atoms with van der Waals surface area (Å²) in [6, 6.07) is 6.25. The average molecular weight is 339 g/mol. The Labute approximate surface area is 149 Å². The molecule has 1 aliphatic carbocycles. The second-order valence-electron chi connectivity index (χ2n) is 5.83. The van der Waals surface area contributed by atoms with Crippen molar-refractivity contribution in [2.45, 2.75) is 27.7 Å². The number of anilines is 1. The number of hydrogen-bond acceptors (Lipinski definition) is 5. The van der Waals surface area contributed by atoms with Crippen molar-refractivity contribution in [3.05, 3.63) is 47.2 Å². The maximum atomic E-state index is 12.0. The van der Waals surface area contributed by atoms with Gasteiger partial charge in [-0.25, -0.2) is 9.98 Å². The van der Waals surface area contributed by atoms with Crippen molar-refractivity contribution >= 4 is 29.3 Å². The highest BCUT2D eigenvalue weighted by Crippen LogP contribution is 2.26. The van der Waals surface area contributed by atoms with E-state index >= 15 is 0 Å². The van der Waals surface area contributed by atoms with E-state index in [2.05, 4.69) is 35.9 Å². The first-order chi connectivity index (χ1) is 12.0. The fourth-order valence-electron chi connectivity index (χ4n) is 2.67. The summed E-state index contributed by atoms with van der Waals surface area (Å²) in [5.74, 6) is -0.140. The molecule has 0 saturated heterocycles. The van der Waals surface area contributed by atoms with Crippen LogP contribution in [0.3, 0.4) is 0 Å². The van der Waals surface area contributed by atoms with Crippen LogP contribution in [0.5, 0.6) is 0 Å². The molecule has 0 radical (unpaired) electrons. The summed E-state index contributed by atoms with van der Waals surface area (Å²) in [6.45, 7) is 10.2. The highest BCUT2D eigenvalue weighted by Gasteiger charge is 2.16. The van der Waals surface area contributed by atoms with Gasteiger partial charge in [0.15, 0.2) is 6.40 Å². The molecular weight excluding hydrogens is 314 g/mol. The number of ketones is 1. The van der Waals surface area contributed by atoms with Gasteiger partial charge >= 0.3 is 0 Å². The third-order valence-electron chi connectivity index (χ3n) is 4.12. The molecule has 0 unspecified atom stereocenters. The minimum atomic E-state index is -0.140. The molecule has 0 aliphatic heterocycles. The Hall–Kier alpha value is -2.69. The number of allylic oxidation sites excluding steroid dienone is 3. The lowest BCUT2D eigenvalue weighted by Gasteiger charge is -2.21. The first-order valence-corrected chi connectivity index (χ1v) is 8.44. The van der Waals surface area contributed by atoms with E-state index in [-0.39, 0.29) is 5.78 Å². The van der Waals surface area contributed by atoms with Crippen LogP contribution in [-0.2, 0) is 9.53 Å². The number of carbonyl (C=O) groups excluding carboxylic acids is 1. The fourth-order valence-corrected chi connectivity index (χ4v) is 2.67. The number of aryl methyl sites for hydroxylation is 1. The van der Waals surface area contributed by atoms with Gasteiger partial charge in [-0.2, -0.15) is 0 Å². The molecule has 0 heterocycles. The van der Waals surface area contributed by atoms with Gasteiger partial charge in [-0.1, -0.05) is 0 Å². The molecule has 2 rings (SSSR count). The van der Waals surface area contributed by atoms with Gasteiger partial charge in [0.2, 0.25) is 5.78 Å². The second kappa shape index (κ2) is 8.42. The summed E-state index contributed by atoms with van der Waals surface area (Å²) >= 11 is 0. The Kier molecular flexibility index (Phi) is 6.28. The lowest BCUT2D eigenvalue weighted by Crippen LogP contribution is -2.21. The molecule has 0 saturated carbocycles. The molecule has 25 heavy (non-hydrogen) atoms. The van der Waals surface area contributed by atoms with Crippen molar-refractivity contribution in [2.75, 3.05) is 25.1 Å². The van der Waals surface area contributed by atoms with Crippen LogP contribution in [0.1, 0.15) is 26.3 Å². The lowest BCUT2D eigenvalue weighted by atomic mass is 10.0. The molecule has 0 bridgehead atoms. The second-order valence-corrected chi connectivity index (χ2v) is 5.83. The summed E-state index contributed by atoms with van der Waals surface area (Å²) in [7, 11) is 1.49. The molecule has 0 atom stereocenters. The molecule has 0 spiro atoms. The minimum Gasteiger partial charge on any atom is -0.486 e. The van der Waals surface area contributed by atoms with E-state index in [1.807, 2.05) is 19.9 Å². The van der Waals surface area contributed by atoms with Crippen molar-refractivity contribution in [2.24, 2.45) is 9.98 Å². The minimum absolute atomic E-state index is 0.140. The standard InChI is InChI=1S/C20H25N3O2/c1-6-23(7-2)16-8-9-17(14(3)10-16)22-18-12-19(21-13-25-5)20(24)11-15(18)4/h8-13H,6-7H2,1-5H3/b21-13+,22-18?. The van der Waals surface area contributed by atoms with Gasteiger partial charge in [0, 0.05) is 18.8 Å². The van der Waals surface area contributed by atoms with Crippen molar-refractivity contribution in [1.82, 2.24) is 0 Å². The third-order valence-corrected chi connectivity index (χ3v) is 4.12. The summed E-state index contributed by atoms with van der Waals surface area (Å²) in [4.78, 5) is 23.0. The SMILES string of the molecule is CCN(CC)c1ccc(N=C2C=C(/N=C/OC)C(=O)C=C2C)c(C)c1. The number of aliphatic imine (C=N–C) groups is 2. The zero-order chi connectivity index (χ0) is 18.4. The van der Waals surface area contributed by atoms with Gasteiger partial charge < -0.3 is 9.64 Å². The van der Waals surface area contributed by atoms with Crippen LogP contribution in [0, 0.1) is 6.92 Å². The Balaban J connectivity index is 2.38. The predicted octanol–water partition coefficient (Wildman–Crippen LogP) is 4.00. The zero-order valence-electron chi connectivity index (χ0n) is 15.5. The van der Waals surface area contributed by atoms with E-state index in [4.69, 9.17) is 9.73 Å². The smallest absolute Gasteiger partial charge is 0.204 e. The summed E-state index contributed by atoms with van der Waals surface area (Å²) in [5, 5.41) is 0. The molecule has 1 aromatic rings. The molecule has 0 amide bonds. The van der Waals surface area contributed by atoms with Crippen LogP contribution >= 0.6 is 0 Å². The van der Waals surface area contributed by atoms with Gasteiger partial charge in [0.05, 0.1) is 18.5 Å². The van der Waals surface area contributed by atoms with E-state index in [1.54, 1.807) is 12.2 Å². The molecule has 1 aromatic carbocycles. The molecule has 0 fully saturated rings. The van der Waals surface area contributed by atoms with E-state index < -0.39 is 0 Å². The summed E-state index contributed by atoms with van der Waals surface area (Å²) in [6.07, 6.45) is 4.51. The summed E-state index contributed by atoms with van der Waals surface area (Å²) in [5.41, 5.74) is 5.06. The maximum Gasteiger partial charge on any atom is 0.204 e. The third kappa shape index (κ3) is 4.44. The van der Waals surface area contributed by atoms with Crippen molar-refractivity contribution in [3.63, 3.8) is 0 Å². The molecular formula is C20H25N3O2. The lowest BCUT2D eigenvalue weighted by molar-refractivity contribution is -0.111. The Morgan fingerprint density at radius 3 is 2.48 bits per heavy atom. The highest BCUT2D eigenvalue weighted by molar-refractivity contribution is 6.22. The zero-order valence-corrected chi connectivity index (χ0v) is 15.5. The largest absolute Gasteiger partial charge is 0.486 e. The monoisotopic (exact) mass is 339 g/mol. The van der Waals surface area contributed by atoms with Gasteiger partial charge in [0.25, 0.3) is 0 Å². The first-order valence-electron chi connectivity index (χ1n) is 8.44. The topological polar surface area (TPSA) is 54.3 Å². The van der Waals surface area contributed by atoms with Crippen LogP contribution < -0.4 is 4.90 Å². The van der Waals surface area contributed by atoms with Crippen molar-refractivity contribution in [3.8, 4) is 0 Å². The molecule has 132 valence electrons. The number of benzene rings is 1. The van der Waals surface area contributed by atoms with Gasteiger partial charge in [-0.05, 0) is 69.2 Å². The quantitative estimate of drug-likeness (QED) is 0.447. The highest BCUT2D eigenvalue weighted by atomic mass is 16.5.